The third-order valence-corrected chi connectivity index (χ3v) is 4.84. The third-order valence-electron chi connectivity index (χ3n) is 3.89. The molecule has 0 spiro atoms. The lowest BCUT2D eigenvalue weighted by molar-refractivity contribution is -0.119. The van der Waals surface area contributed by atoms with Crippen LogP contribution in [0.3, 0.4) is 0 Å². The summed E-state index contributed by atoms with van der Waals surface area (Å²) < 4.78 is 10.7. The average molecular weight is 415 g/mol. The van der Waals surface area contributed by atoms with Crippen LogP contribution in [-0.4, -0.2) is 49.7 Å². The van der Waals surface area contributed by atoms with Crippen LogP contribution in [0.2, 0.25) is 0 Å². The van der Waals surface area contributed by atoms with Crippen LogP contribution in [0.15, 0.2) is 12.1 Å². The molecule has 0 saturated heterocycles. The molecule has 0 saturated carbocycles. The van der Waals surface area contributed by atoms with E-state index in [1.165, 1.54) is 4.68 Å². The first-order valence-electron chi connectivity index (χ1n) is 8.78. The number of ether oxygens (including phenoxy) is 1. The molecule has 11 heteroatoms. The van der Waals surface area contributed by atoms with Gasteiger partial charge >= 0.3 is 5.97 Å². The first-order valence-corrected chi connectivity index (χ1v) is 9.56. The van der Waals surface area contributed by atoms with Crippen molar-refractivity contribution >= 4 is 34.2 Å². The Morgan fingerprint density at radius 2 is 1.79 bits per heavy atom. The quantitative estimate of drug-likeness (QED) is 0.587. The highest BCUT2D eigenvalue weighted by atomic mass is 32.1. The average Bonchev–Trinajstić information content (AvgIpc) is 3.21. The number of carbonyl (C=O) groups excluding carboxylic acids is 2. The number of aromatic nitrogens is 5. The van der Waals surface area contributed by atoms with Crippen molar-refractivity contribution in [2.45, 2.75) is 27.7 Å². The summed E-state index contributed by atoms with van der Waals surface area (Å²) in [5.41, 5.74) is 3.12. The zero-order chi connectivity index (χ0) is 21.1. The lowest BCUT2D eigenvalue weighted by Crippen LogP contribution is -2.23. The molecule has 0 aromatic carbocycles. The van der Waals surface area contributed by atoms with Gasteiger partial charge in [0, 0.05) is 24.5 Å². The molecule has 0 fully saturated rings. The van der Waals surface area contributed by atoms with E-state index in [-0.39, 0.29) is 0 Å². The monoisotopic (exact) mass is 415 g/mol. The molecule has 29 heavy (non-hydrogen) atoms. The summed E-state index contributed by atoms with van der Waals surface area (Å²) in [6.07, 6.45) is 0. The summed E-state index contributed by atoms with van der Waals surface area (Å²) in [5, 5.41) is 10.5. The predicted molar refractivity (Wildman–Crippen MR) is 109 cm³/mol. The number of carbonyl (C=O) groups is 2. The SMILES string of the molecule is CNc1snc(C)c1C(=O)OCC(=O)Nc1cc(C)nn1-c1nc(C)cc(C)n1. The van der Waals surface area contributed by atoms with Crippen LogP contribution < -0.4 is 10.6 Å². The lowest BCUT2D eigenvalue weighted by atomic mass is 10.2. The highest BCUT2D eigenvalue weighted by molar-refractivity contribution is 7.10. The van der Waals surface area contributed by atoms with E-state index in [0.717, 1.165) is 22.9 Å². The van der Waals surface area contributed by atoms with E-state index in [1.807, 2.05) is 19.9 Å². The Hall–Kier alpha value is -3.34. The van der Waals surface area contributed by atoms with Crippen molar-refractivity contribution in [2.75, 3.05) is 24.3 Å². The Balaban J connectivity index is 1.71. The second kappa shape index (κ2) is 8.35. The van der Waals surface area contributed by atoms with E-state index >= 15 is 0 Å². The number of hydrogen-bond donors (Lipinski definition) is 2. The van der Waals surface area contributed by atoms with Crippen LogP contribution in [0.4, 0.5) is 10.8 Å². The smallest absolute Gasteiger partial charge is 0.343 e. The Morgan fingerprint density at radius 1 is 1.10 bits per heavy atom. The second-order valence-electron chi connectivity index (χ2n) is 6.38. The van der Waals surface area contributed by atoms with Gasteiger partial charge in [0.25, 0.3) is 11.9 Å². The molecule has 0 bridgehead atoms. The molecule has 0 atom stereocenters. The first-order chi connectivity index (χ1) is 13.8. The molecule has 3 rings (SSSR count). The van der Waals surface area contributed by atoms with Gasteiger partial charge in [0.05, 0.1) is 11.4 Å². The fourth-order valence-corrected chi connectivity index (χ4v) is 3.44. The number of aryl methyl sites for hydroxylation is 4. The van der Waals surface area contributed by atoms with E-state index in [4.69, 9.17) is 4.74 Å². The first kappa shape index (κ1) is 20.4. The van der Waals surface area contributed by atoms with Gasteiger partial charge in [-0.15, -0.1) is 0 Å². The minimum atomic E-state index is -0.613. The van der Waals surface area contributed by atoms with E-state index < -0.39 is 18.5 Å². The van der Waals surface area contributed by atoms with Crippen LogP contribution in [0.5, 0.6) is 0 Å². The number of rotatable bonds is 6. The summed E-state index contributed by atoms with van der Waals surface area (Å²) in [6.45, 7) is 6.76. The second-order valence-corrected chi connectivity index (χ2v) is 7.15. The van der Waals surface area contributed by atoms with Crippen molar-refractivity contribution in [3.05, 3.63) is 40.5 Å². The molecule has 3 aromatic rings. The van der Waals surface area contributed by atoms with Crippen molar-refractivity contribution in [1.29, 1.82) is 0 Å². The lowest BCUT2D eigenvalue weighted by Gasteiger charge is -2.09. The Morgan fingerprint density at radius 3 is 2.45 bits per heavy atom. The Kier molecular flexibility index (Phi) is 5.87. The molecule has 0 aliphatic heterocycles. The summed E-state index contributed by atoms with van der Waals surface area (Å²) in [4.78, 5) is 33.4. The fraction of sp³-hybridized carbons (Fsp3) is 0.333. The van der Waals surface area contributed by atoms with Gasteiger partial charge in [0.15, 0.2) is 6.61 Å². The van der Waals surface area contributed by atoms with Crippen LogP contribution in [0, 0.1) is 27.7 Å². The molecule has 3 heterocycles. The van der Waals surface area contributed by atoms with Gasteiger partial charge in [-0.1, -0.05) is 0 Å². The fourth-order valence-electron chi connectivity index (χ4n) is 2.71. The Labute approximate surface area is 171 Å². The van der Waals surface area contributed by atoms with Gasteiger partial charge < -0.3 is 15.4 Å². The zero-order valence-corrected chi connectivity index (χ0v) is 17.5. The molecule has 0 unspecified atom stereocenters. The van der Waals surface area contributed by atoms with E-state index in [2.05, 4.69) is 30.1 Å². The molecule has 0 aliphatic rings. The minimum absolute atomic E-state index is 0.329. The topological polar surface area (TPSA) is 124 Å². The maximum atomic E-state index is 12.4. The summed E-state index contributed by atoms with van der Waals surface area (Å²) in [7, 11) is 1.69. The minimum Gasteiger partial charge on any atom is -0.452 e. The molecule has 0 aliphatic carbocycles. The third kappa shape index (κ3) is 4.57. The molecule has 2 N–H and O–H groups in total. The van der Waals surface area contributed by atoms with Gasteiger partial charge in [-0.05, 0) is 45.3 Å². The molecular formula is C18H21N7O3S. The number of nitrogens with one attached hydrogen (secondary N) is 2. The number of esters is 1. The maximum absolute atomic E-state index is 12.4. The van der Waals surface area contributed by atoms with Gasteiger partial charge in [0.1, 0.15) is 16.4 Å². The van der Waals surface area contributed by atoms with E-state index in [9.17, 15) is 9.59 Å². The van der Waals surface area contributed by atoms with Gasteiger partial charge in [-0.3, -0.25) is 4.79 Å². The van der Waals surface area contributed by atoms with Crippen molar-refractivity contribution < 1.29 is 14.3 Å². The molecule has 152 valence electrons. The molecule has 3 aromatic heterocycles. The normalized spacial score (nSPS) is 10.7. The van der Waals surface area contributed by atoms with E-state index in [0.29, 0.717) is 33.7 Å². The number of hydrogen-bond acceptors (Lipinski definition) is 9. The highest BCUT2D eigenvalue weighted by Crippen LogP contribution is 2.24. The number of nitrogens with zero attached hydrogens (tertiary/aromatic N) is 5. The van der Waals surface area contributed by atoms with Crippen LogP contribution in [-0.2, 0) is 9.53 Å². The number of amides is 1. The number of anilines is 2. The highest BCUT2D eigenvalue weighted by Gasteiger charge is 2.21. The summed E-state index contributed by atoms with van der Waals surface area (Å²) in [6, 6.07) is 3.53. The molecule has 1 amide bonds. The van der Waals surface area contributed by atoms with Gasteiger partial charge in [-0.2, -0.15) is 14.2 Å². The van der Waals surface area contributed by atoms with Crippen molar-refractivity contribution in [3.8, 4) is 5.95 Å². The van der Waals surface area contributed by atoms with Crippen LogP contribution in [0.1, 0.15) is 33.1 Å². The standard InChI is InChI=1S/C18H21N7O3S/c1-9-6-10(2)21-18(20-9)25-13(7-11(3)23-25)22-14(26)8-28-17(27)15-12(4)24-29-16(15)19-5/h6-7,19H,8H2,1-5H3,(H,22,26). The summed E-state index contributed by atoms with van der Waals surface area (Å²) >= 11 is 1.16. The van der Waals surface area contributed by atoms with Gasteiger partial charge in [-0.25, -0.2) is 14.8 Å². The largest absolute Gasteiger partial charge is 0.452 e. The van der Waals surface area contributed by atoms with Crippen LogP contribution in [0.25, 0.3) is 5.95 Å². The van der Waals surface area contributed by atoms with Crippen LogP contribution >= 0.6 is 11.5 Å². The van der Waals surface area contributed by atoms with Crippen molar-refractivity contribution in [2.24, 2.45) is 0 Å². The Bertz CT molecular complexity index is 1050. The van der Waals surface area contributed by atoms with Gasteiger partial charge in [0.2, 0.25) is 0 Å². The van der Waals surface area contributed by atoms with Crippen molar-refractivity contribution in [1.82, 2.24) is 24.1 Å². The predicted octanol–water partition coefficient (Wildman–Crippen LogP) is 2.19. The van der Waals surface area contributed by atoms with Crippen molar-refractivity contribution in [3.63, 3.8) is 0 Å². The molecule has 10 nitrogen and oxygen atoms in total. The zero-order valence-electron chi connectivity index (χ0n) is 16.7. The maximum Gasteiger partial charge on any atom is 0.343 e. The summed E-state index contributed by atoms with van der Waals surface area (Å²) in [5.74, 6) is -0.381. The van der Waals surface area contributed by atoms with E-state index in [1.54, 1.807) is 27.0 Å². The molecular weight excluding hydrogens is 394 g/mol. The molecule has 0 radical (unpaired) electrons.